The van der Waals surface area contributed by atoms with Crippen LogP contribution in [0.2, 0.25) is 10.0 Å². The van der Waals surface area contributed by atoms with Crippen LogP contribution in [-0.4, -0.2) is 18.0 Å². The average Bonchev–Trinajstić information content (AvgIpc) is 2.95. The molecule has 0 atom stereocenters. The third kappa shape index (κ3) is 4.15. The summed E-state index contributed by atoms with van der Waals surface area (Å²) in [5, 5.41) is 0.915. The van der Waals surface area contributed by atoms with Crippen molar-refractivity contribution >= 4 is 38.9 Å². The van der Waals surface area contributed by atoms with Crippen LogP contribution in [0.3, 0.4) is 0 Å². The smallest absolute Gasteiger partial charge is 0.261 e. The van der Waals surface area contributed by atoms with Gasteiger partial charge in [0.05, 0.1) is 17.1 Å². The van der Waals surface area contributed by atoms with Gasteiger partial charge in [-0.2, -0.15) is 0 Å². The Hall–Kier alpha value is -2.02. The van der Waals surface area contributed by atoms with E-state index in [1.807, 2.05) is 17.7 Å². The van der Waals surface area contributed by atoms with Gasteiger partial charge >= 0.3 is 0 Å². The SMILES string of the molecule is Cc1nccn1Cc1ccc(Cl)cc1NS(=O)(=O)c1ccc(Cl)cc1. The molecule has 0 saturated heterocycles. The first kappa shape index (κ1) is 17.8. The minimum absolute atomic E-state index is 0.127. The number of nitrogens with one attached hydrogen (secondary N) is 1. The Kier molecular flexibility index (Phi) is 5.03. The van der Waals surface area contributed by atoms with E-state index in [1.54, 1.807) is 24.4 Å². The number of aromatic nitrogens is 2. The predicted octanol–water partition coefficient (Wildman–Crippen LogP) is 4.35. The Bertz CT molecular complexity index is 999. The summed E-state index contributed by atoms with van der Waals surface area (Å²) < 4.78 is 29.8. The number of sulfonamides is 1. The average molecular weight is 396 g/mol. The van der Waals surface area contributed by atoms with Gasteiger partial charge in [0.15, 0.2) is 0 Å². The number of hydrogen-bond donors (Lipinski definition) is 1. The van der Waals surface area contributed by atoms with E-state index in [2.05, 4.69) is 9.71 Å². The van der Waals surface area contributed by atoms with Gasteiger partial charge in [0.2, 0.25) is 0 Å². The Morgan fingerprint density at radius 3 is 2.40 bits per heavy atom. The fourth-order valence-corrected chi connectivity index (χ4v) is 3.74. The summed E-state index contributed by atoms with van der Waals surface area (Å²) in [7, 11) is -3.75. The van der Waals surface area contributed by atoms with Crippen LogP contribution in [0.5, 0.6) is 0 Å². The molecule has 0 aliphatic rings. The lowest BCUT2D eigenvalue weighted by molar-refractivity contribution is 0.601. The molecular weight excluding hydrogens is 381 g/mol. The summed E-state index contributed by atoms with van der Waals surface area (Å²) in [4.78, 5) is 4.30. The van der Waals surface area contributed by atoms with Crippen molar-refractivity contribution in [3.05, 3.63) is 76.3 Å². The largest absolute Gasteiger partial charge is 0.331 e. The third-order valence-corrected chi connectivity index (χ3v) is 5.57. The minimum Gasteiger partial charge on any atom is -0.331 e. The van der Waals surface area contributed by atoms with Crippen molar-refractivity contribution in [2.24, 2.45) is 0 Å². The van der Waals surface area contributed by atoms with E-state index in [4.69, 9.17) is 23.2 Å². The molecule has 130 valence electrons. The molecule has 8 heteroatoms. The maximum absolute atomic E-state index is 12.6. The lowest BCUT2D eigenvalue weighted by Gasteiger charge is -2.14. The first-order valence-electron chi connectivity index (χ1n) is 7.40. The molecule has 0 bridgehead atoms. The fourth-order valence-electron chi connectivity index (χ4n) is 2.35. The van der Waals surface area contributed by atoms with Crippen LogP contribution in [-0.2, 0) is 16.6 Å². The van der Waals surface area contributed by atoms with Crippen LogP contribution in [0.15, 0.2) is 59.8 Å². The van der Waals surface area contributed by atoms with Gasteiger partial charge in [0.1, 0.15) is 5.82 Å². The summed E-state index contributed by atoms with van der Waals surface area (Å²) in [6, 6.07) is 11.1. The highest BCUT2D eigenvalue weighted by Crippen LogP contribution is 2.25. The topological polar surface area (TPSA) is 64.0 Å². The van der Waals surface area contributed by atoms with Gasteiger partial charge in [-0.1, -0.05) is 29.3 Å². The fraction of sp³-hybridized carbons (Fsp3) is 0.118. The lowest BCUT2D eigenvalue weighted by atomic mass is 10.2. The molecular formula is C17H15Cl2N3O2S. The zero-order valence-corrected chi connectivity index (χ0v) is 15.6. The van der Waals surface area contributed by atoms with Crippen molar-refractivity contribution in [3.8, 4) is 0 Å². The molecule has 0 unspecified atom stereocenters. The number of nitrogens with zero attached hydrogens (tertiary/aromatic N) is 2. The van der Waals surface area contributed by atoms with Crippen molar-refractivity contribution in [2.75, 3.05) is 4.72 Å². The molecule has 3 rings (SSSR count). The summed E-state index contributed by atoms with van der Waals surface area (Å²) >= 11 is 11.9. The van der Waals surface area contributed by atoms with Gasteiger partial charge in [-0.15, -0.1) is 0 Å². The molecule has 1 heterocycles. The Morgan fingerprint density at radius 1 is 1.08 bits per heavy atom. The van der Waals surface area contributed by atoms with Gasteiger partial charge < -0.3 is 4.57 Å². The van der Waals surface area contributed by atoms with Gasteiger partial charge in [0, 0.05) is 22.4 Å². The maximum atomic E-state index is 12.6. The molecule has 0 aliphatic carbocycles. The predicted molar refractivity (Wildman–Crippen MR) is 99.8 cm³/mol. The first-order chi connectivity index (χ1) is 11.8. The quantitative estimate of drug-likeness (QED) is 0.698. The van der Waals surface area contributed by atoms with E-state index in [0.29, 0.717) is 22.3 Å². The minimum atomic E-state index is -3.75. The zero-order chi connectivity index (χ0) is 18.0. The molecule has 1 aromatic heterocycles. The van der Waals surface area contributed by atoms with E-state index >= 15 is 0 Å². The van der Waals surface area contributed by atoms with Crippen molar-refractivity contribution in [1.82, 2.24) is 9.55 Å². The van der Waals surface area contributed by atoms with Crippen molar-refractivity contribution in [2.45, 2.75) is 18.4 Å². The third-order valence-electron chi connectivity index (χ3n) is 3.70. The summed E-state index contributed by atoms with van der Waals surface area (Å²) in [5.74, 6) is 0.835. The highest BCUT2D eigenvalue weighted by Gasteiger charge is 2.17. The molecule has 3 aromatic rings. The van der Waals surface area contributed by atoms with Crippen LogP contribution in [0, 0.1) is 6.92 Å². The van der Waals surface area contributed by atoms with Crippen LogP contribution >= 0.6 is 23.2 Å². The van der Waals surface area contributed by atoms with E-state index < -0.39 is 10.0 Å². The van der Waals surface area contributed by atoms with Crippen molar-refractivity contribution in [3.63, 3.8) is 0 Å². The number of benzene rings is 2. The molecule has 0 aliphatic heterocycles. The Morgan fingerprint density at radius 2 is 1.76 bits per heavy atom. The Labute approximate surface area is 156 Å². The molecule has 25 heavy (non-hydrogen) atoms. The highest BCUT2D eigenvalue weighted by molar-refractivity contribution is 7.92. The summed E-state index contributed by atoms with van der Waals surface area (Å²) in [5.41, 5.74) is 1.21. The highest BCUT2D eigenvalue weighted by atomic mass is 35.5. The molecule has 0 saturated carbocycles. The number of hydrogen-bond acceptors (Lipinski definition) is 3. The Balaban J connectivity index is 1.95. The van der Waals surface area contributed by atoms with Crippen LogP contribution < -0.4 is 4.72 Å². The molecule has 1 N–H and O–H groups in total. The van der Waals surface area contributed by atoms with Gasteiger partial charge in [-0.05, 0) is 48.9 Å². The van der Waals surface area contributed by atoms with Gasteiger partial charge in [-0.3, -0.25) is 4.72 Å². The summed E-state index contributed by atoms with van der Waals surface area (Å²) in [6.07, 6.45) is 3.53. The normalized spacial score (nSPS) is 11.5. The molecule has 5 nitrogen and oxygen atoms in total. The zero-order valence-electron chi connectivity index (χ0n) is 13.3. The van der Waals surface area contributed by atoms with E-state index in [1.165, 1.54) is 24.3 Å². The number of anilines is 1. The second-order valence-corrected chi connectivity index (χ2v) is 8.02. The molecule has 0 fully saturated rings. The molecule has 0 amide bonds. The summed E-state index contributed by atoms with van der Waals surface area (Å²) in [6.45, 7) is 2.36. The van der Waals surface area contributed by atoms with Crippen LogP contribution in [0.4, 0.5) is 5.69 Å². The lowest BCUT2D eigenvalue weighted by Crippen LogP contribution is -2.15. The van der Waals surface area contributed by atoms with Crippen molar-refractivity contribution < 1.29 is 8.42 Å². The second kappa shape index (κ2) is 7.07. The van der Waals surface area contributed by atoms with E-state index in [-0.39, 0.29) is 4.90 Å². The monoisotopic (exact) mass is 395 g/mol. The second-order valence-electron chi connectivity index (χ2n) is 5.46. The number of rotatable bonds is 5. The van der Waals surface area contributed by atoms with Crippen LogP contribution in [0.25, 0.3) is 0 Å². The van der Waals surface area contributed by atoms with Gasteiger partial charge in [-0.25, -0.2) is 13.4 Å². The number of aryl methyl sites for hydroxylation is 1. The molecule has 0 radical (unpaired) electrons. The van der Waals surface area contributed by atoms with Crippen molar-refractivity contribution in [1.29, 1.82) is 0 Å². The van der Waals surface area contributed by atoms with E-state index in [0.717, 1.165) is 11.4 Å². The number of imidazole rings is 1. The molecule has 0 spiro atoms. The number of halogens is 2. The van der Waals surface area contributed by atoms with Crippen LogP contribution in [0.1, 0.15) is 11.4 Å². The standard InChI is InChI=1S/C17H15Cl2N3O2S/c1-12-20-8-9-22(12)11-13-2-3-15(19)10-17(13)21-25(23,24)16-6-4-14(18)5-7-16/h2-10,21H,11H2,1H3. The molecule has 2 aromatic carbocycles. The first-order valence-corrected chi connectivity index (χ1v) is 9.63. The maximum Gasteiger partial charge on any atom is 0.261 e. The van der Waals surface area contributed by atoms with E-state index in [9.17, 15) is 8.42 Å². The van der Waals surface area contributed by atoms with Gasteiger partial charge in [0.25, 0.3) is 10.0 Å².